The van der Waals surface area contributed by atoms with Crippen molar-refractivity contribution in [2.45, 2.75) is 5.41 Å². The van der Waals surface area contributed by atoms with E-state index in [0.717, 1.165) is 84.1 Å². The van der Waals surface area contributed by atoms with Gasteiger partial charge in [-0.1, -0.05) is 176 Å². The Morgan fingerprint density at radius 2 is 0.931 bits per heavy atom. The number of para-hydroxylation sites is 2. The average Bonchev–Trinajstić information content (AvgIpc) is 3.60. The summed E-state index contributed by atoms with van der Waals surface area (Å²) in [5.41, 5.74) is 15.9. The van der Waals surface area contributed by atoms with Crippen LogP contribution in [0.1, 0.15) is 27.8 Å². The van der Waals surface area contributed by atoms with Crippen LogP contribution in [0.3, 0.4) is 0 Å². The maximum absolute atomic E-state index is 9.30. The summed E-state index contributed by atoms with van der Waals surface area (Å²) >= 11 is 0. The number of aromatic nitrogens is 2. The van der Waals surface area contributed by atoms with Crippen molar-refractivity contribution in [1.29, 1.82) is 5.26 Å². The predicted octanol–water partition coefficient (Wildman–Crippen LogP) is 13.2. The highest BCUT2D eigenvalue weighted by Gasteiger charge is 2.52. The van der Waals surface area contributed by atoms with E-state index in [1.165, 1.54) is 11.1 Å². The SMILES string of the molecule is N#Cc1ccc(-c2ccc(-c3cccc4c3Oc3ccccc3C43c4ccccc4-c4c(-c5nc(-c6ccccc6)cc(-c6ccccc6)n5)cccc43)cc2)cc1. The van der Waals surface area contributed by atoms with E-state index in [2.05, 4.69) is 170 Å². The molecule has 0 amide bonds. The minimum absolute atomic E-state index is 0.648. The fourth-order valence-electron chi connectivity index (χ4n) is 9.05. The van der Waals surface area contributed by atoms with E-state index < -0.39 is 5.41 Å². The molecule has 0 N–H and O–H groups in total. The molecule has 0 saturated heterocycles. The molecule has 58 heavy (non-hydrogen) atoms. The van der Waals surface area contributed by atoms with Gasteiger partial charge in [0.15, 0.2) is 5.82 Å². The molecule has 0 saturated carbocycles. The van der Waals surface area contributed by atoms with Gasteiger partial charge in [0.2, 0.25) is 0 Å². The number of benzene rings is 8. The summed E-state index contributed by atoms with van der Waals surface area (Å²) in [7, 11) is 0. The molecule has 8 aromatic carbocycles. The molecule has 9 aromatic rings. The van der Waals surface area contributed by atoms with Crippen LogP contribution in [0, 0.1) is 11.3 Å². The smallest absolute Gasteiger partial charge is 0.161 e. The highest BCUT2D eigenvalue weighted by atomic mass is 16.5. The summed E-state index contributed by atoms with van der Waals surface area (Å²) in [6, 6.07) is 71.8. The van der Waals surface area contributed by atoms with Crippen molar-refractivity contribution >= 4 is 0 Å². The van der Waals surface area contributed by atoms with E-state index >= 15 is 0 Å². The van der Waals surface area contributed by atoms with Crippen molar-refractivity contribution in [1.82, 2.24) is 9.97 Å². The Hall–Kier alpha value is -7.87. The van der Waals surface area contributed by atoms with Gasteiger partial charge >= 0.3 is 0 Å². The second-order valence-electron chi connectivity index (χ2n) is 14.8. The normalized spacial score (nSPS) is 14.4. The molecule has 1 spiro atoms. The Labute approximate surface area is 337 Å². The molecule has 11 rings (SSSR count). The third-order valence-corrected chi connectivity index (χ3v) is 11.6. The Morgan fingerprint density at radius 1 is 0.414 bits per heavy atom. The Balaban J connectivity index is 1.14. The van der Waals surface area contributed by atoms with Crippen LogP contribution in [-0.2, 0) is 5.41 Å². The number of hydrogen-bond donors (Lipinski definition) is 0. The zero-order chi connectivity index (χ0) is 38.6. The zero-order valence-corrected chi connectivity index (χ0v) is 31.3. The van der Waals surface area contributed by atoms with Crippen LogP contribution in [0.15, 0.2) is 200 Å². The number of hydrogen-bond acceptors (Lipinski definition) is 4. The van der Waals surface area contributed by atoms with Gasteiger partial charge in [-0.25, -0.2) is 9.97 Å². The third-order valence-electron chi connectivity index (χ3n) is 11.6. The number of fused-ring (bicyclic) bond motifs is 9. The van der Waals surface area contributed by atoms with E-state index in [0.29, 0.717) is 11.4 Å². The maximum atomic E-state index is 9.30. The average molecular weight is 740 g/mol. The molecule has 1 aromatic heterocycles. The standard InChI is InChI=1S/C54H33N3O/c55-34-35-25-27-36(28-26-35)37-29-31-38(32-30-37)41-18-11-23-47-52(41)58-50-24-10-9-21-45(50)54(47)44-20-8-7-17-42(44)51-43(19-12-22-46(51)54)53-56-48(39-13-3-1-4-14-39)33-49(57-53)40-15-5-2-6-16-40/h1-33H. The van der Waals surface area contributed by atoms with Gasteiger partial charge in [0.1, 0.15) is 11.5 Å². The van der Waals surface area contributed by atoms with Crippen molar-refractivity contribution < 1.29 is 4.74 Å². The van der Waals surface area contributed by atoms with Gasteiger partial charge in [-0.15, -0.1) is 0 Å². The molecule has 270 valence electrons. The highest BCUT2D eigenvalue weighted by molar-refractivity contribution is 5.96. The molecule has 1 aliphatic carbocycles. The van der Waals surface area contributed by atoms with Crippen LogP contribution in [0.25, 0.3) is 67.3 Å². The first-order chi connectivity index (χ1) is 28.7. The lowest BCUT2D eigenvalue weighted by molar-refractivity contribution is 0.438. The van der Waals surface area contributed by atoms with Crippen molar-refractivity contribution in [2.75, 3.05) is 0 Å². The van der Waals surface area contributed by atoms with Crippen molar-refractivity contribution in [2.24, 2.45) is 0 Å². The molecule has 1 atom stereocenters. The summed E-state index contributed by atoms with van der Waals surface area (Å²) in [5, 5.41) is 9.30. The molecule has 4 nitrogen and oxygen atoms in total. The molecular formula is C54H33N3O. The summed E-state index contributed by atoms with van der Waals surface area (Å²) in [4.78, 5) is 10.6. The fourth-order valence-corrected chi connectivity index (χ4v) is 9.05. The number of rotatable bonds is 5. The van der Waals surface area contributed by atoms with Crippen LogP contribution >= 0.6 is 0 Å². The summed E-state index contributed by atoms with van der Waals surface area (Å²) in [6.07, 6.45) is 0. The highest BCUT2D eigenvalue weighted by Crippen LogP contribution is 2.64. The van der Waals surface area contributed by atoms with E-state index in [9.17, 15) is 5.26 Å². The van der Waals surface area contributed by atoms with Gasteiger partial charge in [0, 0.05) is 33.4 Å². The van der Waals surface area contributed by atoms with Gasteiger partial charge in [0.05, 0.1) is 28.4 Å². The van der Waals surface area contributed by atoms with Gasteiger partial charge in [-0.3, -0.25) is 0 Å². The summed E-state index contributed by atoms with van der Waals surface area (Å²) in [5.74, 6) is 2.35. The van der Waals surface area contributed by atoms with Gasteiger partial charge in [-0.05, 0) is 63.2 Å². The lowest BCUT2D eigenvalue weighted by Crippen LogP contribution is -2.32. The minimum atomic E-state index is -0.677. The Kier molecular flexibility index (Phi) is 7.74. The minimum Gasteiger partial charge on any atom is -0.456 e. The van der Waals surface area contributed by atoms with Crippen LogP contribution in [-0.4, -0.2) is 9.97 Å². The summed E-state index contributed by atoms with van der Waals surface area (Å²) < 4.78 is 7.01. The first-order valence-electron chi connectivity index (χ1n) is 19.5. The molecule has 0 fully saturated rings. The maximum Gasteiger partial charge on any atom is 0.161 e. The second-order valence-corrected chi connectivity index (χ2v) is 14.8. The molecular weight excluding hydrogens is 707 g/mol. The predicted molar refractivity (Wildman–Crippen MR) is 231 cm³/mol. The molecule has 0 bridgehead atoms. The first kappa shape index (κ1) is 33.5. The third kappa shape index (κ3) is 5.15. The lowest BCUT2D eigenvalue weighted by atomic mass is 9.65. The second kappa shape index (κ2) is 13.4. The van der Waals surface area contributed by atoms with Crippen molar-refractivity contribution in [3.63, 3.8) is 0 Å². The molecule has 1 aliphatic heterocycles. The lowest BCUT2D eigenvalue weighted by Gasteiger charge is -2.40. The van der Waals surface area contributed by atoms with Gasteiger partial charge in [-0.2, -0.15) is 5.26 Å². The van der Waals surface area contributed by atoms with Crippen molar-refractivity contribution in [3.05, 3.63) is 228 Å². The number of ether oxygens (including phenoxy) is 1. The van der Waals surface area contributed by atoms with E-state index in [-0.39, 0.29) is 0 Å². The number of nitriles is 1. The van der Waals surface area contributed by atoms with Gasteiger partial charge in [0.25, 0.3) is 0 Å². The van der Waals surface area contributed by atoms with Crippen molar-refractivity contribution in [3.8, 4) is 84.9 Å². The molecule has 0 radical (unpaired) electrons. The van der Waals surface area contributed by atoms with Gasteiger partial charge < -0.3 is 4.74 Å². The molecule has 1 unspecified atom stereocenters. The largest absolute Gasteiger partial charge is 0.456 e. The fraction of sp³-hybridized carbons (Fsp3) is 0.0185. The molecule has 2 aliphatic rings. The van der Waals surface area contributed by atoms with E-state index in [1.54, 1.807) is 0 Å². The number of nitrogens with zero attached hydrogens (tertiary/aromatic N) is 3. The molecule has 2 heterocycles. The van der Waals surface area contributed by atoms with Crippen LogP contribution in [0.4, 0.5) is 0 Å². The van der Waals surface area contributed by atoms with Crippen LogP contribution < -0.4 is 4.74 Å². The topological polar surface area (TPSA) is 58.8 Å². The quantitative estimate of drug-likeness (QED) is 0.176. The summed E-state index contributed by atoms with van der Waals surface area (Å²) in [6.45, 7) is 0. The zero-order valence-electron chi connectivity index (χ0n) is 31.3. The molecule has 4 heteroatoms. The Morgan fingerprint density at radius 3 is 1.60 bits per heavy atom. The first-order valence-corrected chi connectivity index (χ1v) is 19.5. The van der Waals surface area contributed by atoms with E-state index in [4.69, 9.17) is 14.7 Å². The van der Waals surface area contributed by atoms with E-state index in [1.807, 2.05) is 36.4 Å². The van der Waals surface area contributed by atoms with Crippen LogP contribution in [0.2, 0.25) is 0 Å². The Bertz CT molecular complexity index is 3020. The monoisotopic (exact) mass is 739 g/mol. The van der Waals surface area contributed by atoms with Crippen LogP contribution in [0.5, 0.6) is 11.5 Å².